The number of fused-ring (bicyclic) bond motifs is 3. The normalized spacial score (nSPS) is 20.4. The zero-order valence-corrected chi connectivity index (χ0v) is 16.4. The number of ether oxygens (including phenoxy) is 2. The number of nitrogens with zero attached hydrogens (tertiary/aromatic N) is 1. The molecule has 2 aliphatic rings. The summed E-state index contributed by atoms with van der Waals surface area (Å²) in [5.74, 6) is 0.111. The minimum atomic E-state index is -0.461. The maximum atomic E-state index is 12.1. The molecule has 4 nitrogen and oxygen atoms in total. The van der Waals surface area contributed by atoms with E-state index in [1.54, 1.807) is 19.1 Å². The molecule has 4 rings (SSSR count). The summed E-state index contributed by atoms with van der Waals surface area (Å²) in [7, 11) is 0. The Balaban J connectivity index is 1.74. The predicted octanol–water partition coefficient (Wildman–Crippen LogP) is 5.54. The van der Waals surface area contributed by atoms with E-state index in [2.05, 4.69) is 11.1 Å². The summed E-state index contributed by atoms with van der Waals surface area (Å²) in [4.78, 5) is 16.8. The Bertz CT molecular complexity index is 941. The van der Waals surface area contributed by atoms with Crippen molar-refractivity contribution < 1.29 is 14.3 Å². The van der Waals surface area contributed by atoms with Gasteiger partial charge in [-0.05, 0) is 55.5 Å². The van der Waals surface area contributed by atoms with Crippen molar-refractivity contribution >= 4 is 41.1 Å². The van der Waals surface area contributed by atoms with Gasteiger partial charge in [-0.25, -0.2) is 4.79 Å². The zero-order chi connectivity index (χ0) is 19.0. The zero-order valence-electron chi connectivity index (χ0n) is 14.9. The third kappa shape index (κ3) is 3.32. The first-order valence-electron chi connectivity index (χ1n) is 9.00. The Kier molecular flexibility index (Phi) is 4.87. The average Bonchev–Trinajstić information content (AvgIpc) is 2.82. The van der Waals surface area contributed by atoms with Crippen molar-refractivity contribution in [3.8, 4) is 5.75 Å². The van der Waals surface area contributed by atoms with Crippen molar-refractivity contribution in [3.05, 3.63) is 57.1 Å². The molecule has 0 bridgehead atoms. The van der Waals surface area contributed by atoms with Crippen LogP contribution in [0.2, 0.25) is 10.0 Å². The predicted molar refractivity (Wildman–Crippen MR) is 107 cm³/mol. The number of aryl methyl sites for hydroxylation is 1. The number of carbonyl (C=O) groups is 1. The van der Waals surface area contributed by atoms with Gasteiger partial charge in [-0.15, -0.1) is 0 Å². The number of aliphatic imine (C=N–C) groups is 1. The molecule has 1 aliphatic heterocycles. The maximum Gasteiger partial charge on any atom is 0.339 e. The standard InChI is InChI=1S/C21H19Cl2NO3/c1-2-26-20(25)15-9-18-19(10-17(15)23)27-12-21(11-24-18)7-3-4-13-8-14(22)5-6-16(13)21/h5-6,8-11H,2-4,7,12H2,1H3. The van der Waals surface area contributed by atoms with E-state index in [1.165, 1.54) is 11.1 Å². The Labute approximate surface area is 168 Å². The highest BCUT2D eigenvalue weighted by Gasteiger charge is 2.38. The lowest BCUT2D eigenvalue weighted by Gasteiger charge is -2.35. The van der Waals surface area contributed by atoms with Gasteiger partial charge in [-0.2, -0.15) is 0 Å². The summed E-state index contributed by atoms with van der Waals surface area (Å²) < 4.78 is 11.2. The molecule has 0 N–H and O–H groups in total. The number of esters is 1. The van der Waals surface area contributed by atoms with Crippen LogP contribution in [0.3, 0.4) is 0 Å². The molecule has 1 heterocycles. The summed E-state index contributed by atoms with van der Waals surface area (Å²) in [6.45, 7) is 2.51. The van der Waals surface area contributed by atoms with E-state index in [0.29, 0.717) is 28.6 Å². The van der Waals surface area contributed by atoms with E-state index in [0.717, 1.165) is 24.3 Å². The summed E-state index contributed by atoms with van der Waals surface area (Å²) in [5, 5.41) is 1.04. The molecule has 0 amide bonds. The third-order valence-corrected chi connectivity index (χ3v) is 5.70. The molecule has 2 aromatic rings. The van der Waals surface area contributed by atoms with Crippen molar-refractivity contribution in [2.75, 3.05) is 13.2 Å². The lowest BCUT2D eigenvalue weighted by atomic mass is 9.71. The van der Waals surface area contributed by atoms with Gasteiger partial charge in [0.15, 0.2) is 0 Å². The Morgan fingerprint density at radius 2 is 2.15 bits per heavy atom. The number of hydrogen-bond donors (Lipinski definition) is 0. The number of carbonyl (C=O) groups excluding carboxylic acids is 1. The number of rotatable bonds is 2. The minimum Gasteiger partial charge on any atom is -0.490 e. The fourth-order valence-corrected chi connectivity index (χ4v) is 4.26. The van der Waals surface area contributed by atoms with E-state index in [4.69, 9.17) is 32.7 Å². The van der Waals surface area contributed by atoms with Crippen LogP contribution in [0.1, 0.15) is 41.3 Å². The number of halogens is 2. The van der Waals surface area contributed by atoms with Gasteiger partial charge in [0, 0.05) is 17.3 Å². The first-order chi connectivity index (χ1) is 13.0. The van der Waals surface area contributed by atoms with Crippen LogP contribution in [0, 0.1) is 0 Å². The lowest BCUT2D eigenvalue weighted by Crippen LogP contribution is -2.38. The molecule has 1 atom stereocenters. The van der Waals surface area contributed by atoms with E-state index < -0.39 is 5.97 Å². The van der Waals surface area contributed by atoms with Crippen LogP contribution in [-0.2, 0) is 16.6 Å². The van der Waals surface area contributed by atoms with Gasteiger partial charge in [0.25, 0.3) is 0 Å². The Morgan fingerprint density at radius 1 is 1.30 bits per heavy atom. The maximum absolute atomic E-state index is 12.1. The molecule has 1 spiro atoms. The third-order valence-electron chi connectivity index (χ3n) is 5.15. The second kappa shape index (κ2) is 7.17. The van der Waals surface area contributed by atoms with Crippen molar-refractivity contribution in [1.29, 1.82) is 0 Å². The van der Waals surface area contributed by atoms with Crippen molar-refractivity contribution in [2.45, 2.75) is 31.6 Å². The molecule has 6 heteroatoms. The monoisotopic (exact) mass is 403 g/mol. The van der Waals surface area contributed by atoms with Gasteiger partial charge < -0.3 is 9.47 Å². The molecule has 140 valence electrons. The molecule has 1 unspecified atom stereocenters. The molecule has 0 fully saturated rings. The van der Waals surface area contributed by atoms with Crippen LogP contribution in [-0.4, -0.2) is 25.4 Å². The largest absolute Gasteiger partial charge is 0.490 e. The topological polar surface area (TPSA) is 47.9 Å². The highest BCUT2D eigenvalue weighted by atomic mass is 35.5. The molecule has 2 aromatic carbocycles. The first-order valence-corrected chi connectivity index (χ1v) is 9.75. The summed E-state index contributed by atoms with van der Waals surface area (Å²) in [6, 6.07) is 9.29. The number of hydrogen-bond acceptors (Lipinski definition) is 4. The first kappa shape index (κ1) is 18.3. The number of benzene rings is 2. The van der Waals surface area contributed by atoms with Crippen LogP contribution in [0.5, 0.6) is 5.75 Å². The van der Waals surface area contributed by atoms with E-state index in [9.17, 15) is 4.79 Å². The van der Waals surface area contributed by atoms with Gasteiger partial charge in [-0.3, -0.25) is 4.99 Å². The second-order valence-electron chi connectivity index (χ2n) is 6.88. The SMILES string of the molecule is CCOC(=O)c1cc2c(cc1Cl)OCC1(C=N2)CCCc2cc(Cl)ccc21. The van der Waals surface area contributed by atoms with Gasteiger partial charge in [0.2, 0.25) is 0 Å². The molecule has 0 saturated carbocycles. The summed E-state index contributed by atoms with van der Waals surface area (Å²) in [5.41, 5.74) is 3.00. The van der Waals surface area contributed by atoms with E-state index in [-0.39, 0.29) is 12.0 Å². The highest BCUT2D eigenvalue weighted by Crippen LogP contribution is 2.43. The second-order valence-corrected chi connectivity index (χ2v) is 7.72. The minimum absolute atomic E-state index is 0.286. The van der Waals surface area contributed by atoms with Gasteiger partial charge in [-0.1, -0.05) is 29.3 Å². The molecule has 27 heavy (non-hydrogen) atoms. The fraction of sp³-hybridized carbons (Fsp3) is 0.333. The summed E-state index contributed by atoms with van der Waals surface area (Å²) in [6.07, 6.45) is 4.93. The van der Waals surface area contributed by atoms with Crippen LogP contribution in [0.25, 0.3) is 0 Å². The smallest absolute Gasteiger partial charge is 0.339 e. The van der Waals surface area contributed by atoms with Crippen LogP contribution >= 0.6 is 23.2 Å². The molecule has 1 aliphatic carbocycles. The van der Waals surface area contributed by atoms with Crippen LogP contribution < -0.4 is 4.74 Å². The van der Waals surface area contributed by atoms with E-state index in [1.807, 2.05) is 18.3 Å². The van der Waals surface area contributed by atoms with Gasteiger partial charge in [0.05, 0.1) is 22.6 Å². The molecule has 0 saturated heterocycles. The summed E-state index contributed by atoms with van der Waals surface area (Å²) >= 11 is 12.4. The molecule has 0 aromatic heterocycles. The lowest BCUT2D eigenvalue weighted by molar-refractivity contribution is 0.0526. The molecular weight excluding hydrogens is 385 g/mol. The van der Waals surface area contributed by atoms with Crippen LogP contribution in [0.4, 0.5) is 5.69 Å². The quantitative estimate of drug-likeness (QED) is 0.618. The van der Waals surface area contributed by atoms with Crippen molar-refractivity contribution in [1.82, 2.24) is 0 Å². The Morgan fingerprint density at radius 3 is 2.96 bits per heavy atom. The highest BCUT2D eigenvalue weighted by molar-refractivity contribution is 6.34. The van der Waals surface area contributed by atoms with E-state index >= 15 is 0 Å². The van der Waals surface area contributed by atoms with Crippen LogP contribution in [0.15, 0.2) is 35.3 Å². The average molecular weight is 404 g/mol. The Hall–Kier alpha value is -2.04. The van der Waals surface area contributed by atoms with Crippen molar-refractivity contribution in [2.24, 2.45) is 4.99 Å². The fourth-order valence-electron chi connectivity index (χ4n) is 3.83. The molecule has 0 radical (unpaired) electrons. The molecular formula is C21H19Cl2NO3. The van der Waals surface area contributed by atoms with Gasteiger partial charge >= 0.3 is 5.97 Å². The van der Waals surface area contributed by atoms with Crippen molar-refractivity contribution in [3.63, 3.8) is 0 Å². The van der Waals surface area contributed by atoms with Gasteiger partial charge in [0.1, 0.15) is 18.0 Å².